The maximum atomic E-state index is 5.94. The number of hydrogen-bond acceptors (Lipinski definition) is 3. The number of hydrogen-bond donors (Lipinski definition) is 0. The first-order chi connectivity index (χ1) is 10.6. The van der Waals surface area contributed by atoms with Gasteiger partial charge in [-0.1, -0.05) is 32.0 Å². The predicted molar refractivity (Wildman–Crippen MR) is 88.8 cm³/mol. The Kier molecular flexibility index (Phi) is 3.80. The van der Waals surface area contributed by atoms with Gasteiger partial charge in [-0.2, -0.15) is 0 Å². The Labute approximate surface area is 130 Å². The molecule has 0 radical (unpaired) electrons. The van der Waals surface area contributed by atoms with E-state index in [4.69, 9.17) is 13.9 Å². The smallest absolute Gasteiger partial charge is 0.135 e. The van der Waals surface area contributed by atoms with Crippen molar-refractivity contribution in [3.05, 3.63) is 48.0 Å². The first-order valence-corrected chi connectivity index (χ1v) is 7.39. The zero-order valence-corrected chi connectivity index (χ0v) is 13.3. The summed E-state index contributed by atoms with van der Waals surface area (Å²) < 4.78 is 17.1. The van der Waals surface area contributed by atoms with Crippen molar-refractivity contribution in [2.75, 3.05) is 14.2 Å². The van der Waals surface area contributed by atoms with E-state index in [1.807, 2.05) is 42.5 Å². The normalized spacial score (nSPS) is 11.1. The summed E-state index contributed by atoms with van der Waals surface area (Å²) in [6.07, 6.45) is 0. The largest absolute Gasteiger partial charge is 0.496 e. The molecule has 0 saturated heterocycles. The Bertz CT molecular complexity index is 741. The highest BCUT2D eigenvalue weighted by atomic mass is 16.5. The van der Waals surface area contributed by atoms with Crippen LogP contribution in [0.3, 0.4) is 0 Å². The summed E-state index contributed by atoms with van der Waals surface area (Å²) in [5.74, 6) is 2.78. The average Bonchev–Trinajstić information content (AvgIpc) is 2.97. The Balaban J connectivity index is 2.18. The van der Waals surface area contributed by atoms with Crippen molar-refractivity contribution in [2.24, 2.45) is 0 Å². The lowest BCUT2D eigenvalue weighted by Crippen LogP contribution is -1.99. The standard InChI is InChI=1S/C19H20O3/c1-12(2)19-17(20-3)10-14(11-18(19)21-4)16-9-13-7-5-6-8-15(13)22-16/h5-12H,1-4H3. The van der Waals surface area contributed by atoms with Gasteiger partial charge in [0.1, 0.15) is 22.8 Å². The van der Waals surface area contributed by atoms with Crippen molar-refractivity contribution in [2.45, 2.75) is 19.8 Å². The van der Waals surface area contributed by atoms with E-state index in [1.54, 1.807) is 14.2 Å². The first kappa shape index (κ1) is 14.5. The summed E-state index contributed by atoms with van der Waals surface area (Å²) in [7, 11) is 3.37. The van der Waals surface area contributed by atoms with Crippen molar-refractivity contribution in [1.82, 2.24) is 0 Å². The molecule has 3 nitrogen and oxygen atoms in total. The minimum atomic E-state index is 0.314. The molecule has 0 aliphatic carbocycles. The summed E-state index contributed by atoms with van der Waals surface area (Å²) in [5.41, 5.74) is 2.91. The molecule has 3 rings (SSSR count). The van der Waals surface area contributed by atoms with E-state index in [-0.39, 0.29) is 0 Å². The number of ether oxygens (including phenoxy) is 2. The molecule has 1 aromatic heterocycles. The minimum Gasteiger partial charge on any atom is -0.496 e. The van der Waals surface area contributed by atoms with E-state index in [2.05, 4.69) is 13.8 Å². The molecule has 0 unspecified atom stereocenters. The van der Waals surface area contributed by atoms with Gasteiger partial charge in [-0.3, -0.25) is 0 Å². The van der Waals surface area contributed by atoms with E-state index in [0.717, 1.165) is 39.4 Å². The molecule has 0 aliphatic heterocycles. The molecule has 22 heavy (non-hydrogen) atoms. The van der Waals surface area contributed by atoms with E-state index in [0.29, 0.717) is 5.92 Å². The molecule has 0 aliphatic rings. The van der Waals surface area contributed by atoms with Crippen LogP contribution in [0.15, 0.2) is 46.9 Å². The Morgan fingerprint density at radius 1 is 0.909 bits per heavy atom. The average molecular weight is 296 g/mol. The molecule has 0 amide bonds. The zero-order chi connectivity index (χ0) is 15.7. The van der Waals surface area contributed by atoms with Crippen molar-refractivity contribution in [3.63, 3.8) is 0 Å². The Morgan fingerprint density at radius 2 is 1.55 bits per heavy atom. The molecule has 3 heteroatoms. The number of methoxy groups -OCH3 is 2. The molecule has 0 N–H and O–H groups in total. The van der Waals surface area contributed by atoms with Crippen LogP contribution in [0.2, 0.25) is 0 Å². The van der Waals surface area contributed by atoms with Gasteiger partial charge in [0.05, 0.1) is 14.2 Å². The highest BCUT2D eigenvalue weighted by molar-refractivity contribution is 5.83. The molecule has 114 valence electrons. The van der Waals surface area contributed by atoms with Crippen molar-refractivity contribution in [3.8, 4) is 22.8 Å². The maximum absolute atomic E-state index is 5.94. The molecule has 0 atom stereocenters. The van der Waals surface area contributed by atoms with Gasteiger partial charge in [0.2, 0.25) is 0 Å². The molecular weight excluding hydrogens is 276 g/mol. The van der Waals surface area contributed by atoms with Gasteiger partial charge in [-0.05, 0) is 30.2 Å². The molecule has 3 aromatic rings. The number of fused-ring (bicyclic) bond motifs is 1. The van der Waals surface area contributed by atoms with Crippen molar-refractivity contribution in [1.29, 1.82) is 0 Å². The molecule has 0 saturated carbocycles. The summed E-state index contributed by atoms with van der Waals surface area (Å²) in [6, 6.07) is 14.0. The van der Waals surface area contributed by atoms with Gasteiger partial charge >= 0.3 is 0 Å². The third-order valence-electron chi connectivity index (χ3n) is 3.83. The zero-order valence-electron chi connectivity index (χ0n) is 13.3. The van der Waals surface area contributed by atoms with Crippen LogP contribution in [0.1, 0.15) is 25.3 Å². The molecular formula is C19H20O3. The van der Waals surface area contributed by atoms with E-state index < -0.39 is 0 Å². The Morgan fingerprint density at radius 3 is 2.09 bits per heavy atom. The molecule has 0 spiro atoms. The number of para-hydroxylation sites is 1. The van der Waals surface area contributed by atoms with Crippen LogP contribution < -0.4 is 9.47 Å². The summed E-state index contributed by atoms with van der Waals surface area (Å²) in [6.45, 7) is 4.25. The first-order valence-electron chi connectivity index (χ1n) is 7.39. The third kappa shape index (κ3) is 2.43. The van der Waals surface area contributed by atoms with E-state index >= 15 is 0 Å². The van der Waals surface area contributed by atoms with Gasteiger partial charge in [0.15, 0.2) is 0 Å². The molecule has 2 aromatic carbocycles. The van der Waals surface area contributed by atoms with Crippen molar-refractivity contribution >= 4 is 11.0 Å². The quantitative estimate of drug-likeness (QED) is 0.659. The Hall–Kier alpha value is -2.42. The SMILES string of the molecule is COc1cc(-c2cc3ccccc3o2)cc(OC)c1C(C)C. The second kappa shape index (κ2) is 5.76. The fourth-order valence-corrected chi connectivity index (χ4v) is 2.77. The lowest BCUT2D eigenvalue weighted by atomic mass is 9.98. The lowest BCUT2D eigenvalue weighted by molar-refractivity contribution is 0.382. The number of furan rings is 1. The summed E-state index contributed by atoms with van der Waals surface area (Å²) in [4.78, 5) is 0. The molecule has 0 fully saturated rings. The van der Waals surface area contributed by atoms with Crippen LogP contribution in [-0.2, 0) is 0 Å². The highest BCUT2D eigenvalue weighted by Gasteiger charge is 2.17. The van der Waals surface area contributed by atoms with Crippen LogP contribution in [0, 0.1) is 0 Å². The third-order valence-corrected chi connectivity index (χ3v) is 3.83. The van der Waals surface area contributed by atoms with E-state index in [1.165, 1.54) is 0 Å². The highest BCUT2D eigenvalue weighted by Crippen LogP contribution is 2.40. The lowest BCUT2D eigenvalue weighted by Gasteiger charge is -2.17. The van der Waals surface area contributed by atoms with Crippen LogP contribution in [0.4, 0.5) is 0 Å². The van der Waals surface area contributed by atoms with Gasteiger partial charge in [0, 0.05) is 16.5 Å². The van der Waals surface area contributed by atoms with Crippen LogP contribution in [0.5, 0.6) is 11.5 Å². The number of rotatable bonds is 4. The summed E-state index contributed by atoms with van der Waals surface area (Å²) in [5, 5.41) is 1.09. The molecule has 0 bridgehead atoms. The summed E-state index contributed by atoms with van der Waals surface area (Å²) >= 11 is 0. The second-order valence-corrected chi connectivity index (χ2v) is 5.60. The topological polar surface area (TPSA) is 31.6 Å². The van der Waals surface area contributed by atoms with Crippen LogP contribution >= 0.6 is 0 Å². The monoisotopic (exact) mass is 296 g/mol. The van der Waals surface area contributed by atoms with Gasteiger partial charge in [-0.25, -0.2) is 0 Å². The maximum Gasteiger partial charge on any atom is 0.135 e. The van der Waals surface area contributed by atoms with Crippen LogP contribution in [0.25, 0.3) is 22.3 Å². The minimum absolute atomic E-state index is 0.314. The van der Waals surface area contributed by atoms with Crippen molar-refractivity contribution < 1.29 is 13.9 Å². The molecule has 1 heterocycles. The second-order valence-electron chi connectivity index (χ2n) is 5.60. The number of benzene rings is 2. The predicted octanol–water partition coefficient (Wildman–Crippen LogP) is 5.24. The fourth-order valence-electron chi connectivity index (χ4n) is 2.77. The fraction of sp³-hybridized carbons (Fsp3) is 0.263. The van der Waals surface area contributed by atoms with Gasteiger partial charge < -0.3 is 13.9 Å². The van der Waals surface area contributed by atoms with E-state index in [9.17, 15) is 0 Å². The van der Waals surface area contributed by atoms with Crippen LogP contribution in [-0.4, -0.2) is 14.2 Å². The van der Waals surface area contributed by atoms with Gasteiger partial charge in [-0.15, -0.1) is 0 Å². The van der Waals surface area contributed by atoms with Gasteiger partial charge in [0.25, 0.3) is 0 Å².